The van der Waals surface area contributed by atoms with Crippen LogP contribution in [0.15, 0.2) is 76.1 Å². The molecule has 8 heteroatoms. The van der Waals surface area contributed by atoms with E-state index in [1.165, 1.54) is 23.9 Å². The Labute approximate surface area is 175 Å². The summed E-state index contributed by atoms with van der Waals surface area (Å²) in [6.45, 7) is 0. The van der Waals surface area contributed by atoms with Gasteiger partial charge in [0.2, 0.25) is 0 Å². The molecule has 28 heavy (non-hydrogen) atoms. The number of thioether (sulfide) groups is 2. The van der Waals surface area contributed by atoms with Crippen molar-refractivity contribution in [2.24, 2.45) is 0 Å². The van der Waals surface area contributed by atoms with Crippen molar-refractivity contribution in [3.8, 4) is 0 Å². The molecule has 3 heterocycles. The lowest BCUT2D eigenvalue weighted by Crippen LogP contribution is -2.15. The Morgan fingerprint density at radius 3 is 2.39 bits per heavy atom. The summed E-state index contributed by atoms with van der Waals surface area (Å²) in [5, 5.41) is 6.31. The van der Waals surface area contributed by atoms with Gasteiger partial charge in [0.1, 0.15) is 10.8 Å². The molecule has 1 aliphatic rings. The second kappa shape index (κ2) is 8.43. The fraction of sp³-hybridized carbons (Fsp3) is 0.100. The van der Waals surface area contributed by atoms with E-state index in [0.717, 1.165) is 26.9 Å². The van der Waals surface area contributed by atoms with Crippen molar-refractivity contribution in [2.45, 2.75) is 16.3 Å². The molecule has 0 saturated heterocycles. The van der Waals surface area contributed by atoms with Gasteiger partial charge in [-0.2, -0.15) is 0 Å². The molecule has 1 aromatic carbocycles. The van der Waals surface area contributed by atoms with Crippen molar-refractivity contribution in [2.75, 3.05) is 6.26 Å². The minimum Gasteiger partial charge on any atom is -0.458 e. The Balaban J connectivity index is 1.66. The van der Waals surface area contributed by atoms with Crippen LogP contribution in [0.5, 0.6) is 0 Å². The fourth-order valence-electron chi connectivity index (χ4n) is 2.62. The minimum absolute atomic E-state index is 0.285. The first-order valence-corrected chi connectivity index (χ1v) is 10.8. The third-order valence-corrected chi connectivity index (χ3v) is 5.83. The summed E-state index contributed by atoms with van der Waals surface area (Å²) in [6, 6.07) is 13.8. The molecule has 1 unspecified atom stereocenters. The SMILES string of the molecule is CSc1ccc(C2=C(Sc3ccc(Cl)cn3)OC(c3ccc(F)cc3)N2)cn1. The molecule has 4 rings (SSSR count). The van der Waals surface area contributed by atoms with Crippen LogP contribution in [0.2, 0.25) is 5.02 Å². The number of nitrogens with zero attached hydrogens (tertiary/aromatic N) is 2. The number of ether oxygens (including phenoxy) is 1. The van der Waals surface area contributed by atoms with Crippen LogP contribution in [0.3, 0.4) is 0 Å². The van der Waals surface area contributed by atoms with Crippen LogP contribution < -0.4 is 5.32 Å². The van der Waals surface area contributed by atoms with Crippen LogP contribution in [-0.2, 0) is 4.74 Å². The van der Waals surface area contributed by atoms with Gasteiger partial charge in [0.05, 0.1) is 15.7 Å². The Bertz CT molecular complexity index is 995. The number of aromatic nitrogens is 2. The average Bonchev–Trinajstić information content (AvgIpc) is 3.14. The molecular weight excluding hydrogens is 417 g/mol. The van der Waals surface area contributed by atoms with Gasteiger partial charge in [0.25, 0.3) is 0 Å². The molecule has 0 aliphatic carbocycles. The van der Waals surface area contributed by atoms with Gasteiger partial charge in [0, 0.05) is 23.5 Å². The standard InChI is InChI=1S/C20H15ClFN3OS2/c1-27-16-8-4-13(10-23-16)18-20(28-17-9-5-14(21)11-24-17)26-19(25-18)12-2-6-15(22)7-3-12/h2-11,19,25H,1H3. The summed E-state index contributed by atoms with van der Waals surface area (Å²) >= 11 is 8.90. The highest BCUT2D eigenvalue weighted by atomic mass is 35.5. The van der Waals surface area contributed by atoms with E-state index >= 15 is 0 Å². The van der Waals surface area contributed by atoms with Gasteiger partial charge in [0.15, 0.2) is 11.3 Å². The molecule has 0 fully saturated rings. The van der Waals surface area contributed by atoms with Crippen molar-refractivity contribution < 1.29 is 9.13 Å². The molecule has 142 valence electrons. The van der Waals surface area contributed by atoms with Crippen molar-refractivity contribution in [3.63, 3.8) is 0 Å². The second-order valence-corrected chi connectivity index (χ2v) is 8.12. The van der Waals surface area contributed by atoms with Gasteiger partial charge in [-0.05, 0) is 54.4 Å². The lowest BCUT2D eigenvalue weighted by Gasteiger charge is -2.13. The number of nitrogens with one attached hydrogen (secondary N) is 1. The van der Waals surface area contributed by atoms with Gasteiger partial charge in [-0.15, -0.1) is 11.8 Å². The molecule has 0 radical (unpaired) electrons. The summed E-state index contributed by atoms with van der Waals surface area (Å²) in [7, 11) is 0. The third-order valence-electron chi connectivity index (χ3n) is 4.01. The number of benzene rings is 1. The quantitative estimate of drug-likeness (QED) is 0.521. The lowest BCUT2D eigenvalue weighted by molar-refractivity contribution is 0.147. The maximum atomic E-state index is 13.3. The van der Waals surface area contributed by atoms with Gasteiger partial charge >= 0.3 is 0 Å². The van der Waals surface area contributed by atoms with Gasteiger partial charge in [-0.25, -0.2) is 14.4 Å². The van der Waals surface area contributed by atoms with Crippen LogP contribution in [-0.4, -0.2) is 16.2 Å². The molecule has 1 atom stereocenters. The Kier molecular flexibility index (Phi) is 5.75. The van der Waals surface area contributed by atoms with Crippen molar-refractivity contribution >= 4 is 40.8 Å². The van der Waals surface area contributed by atoms with Crippen LogP contribution >= 0.6 is 35.1 Å². The highest BCUT2D eigenvalue weighted by Crippen LogP contribution is 2.40. The fourth-order valence-corrected chi connectivity index (χ4v) is 3.95. The van der Waals surface area contributed by atoms with E-state index in [2.05, 4.69) is 15.3 Å². The number of hydrogen-bond acceptors (Lipinski definition) is 6. The summed E-state index contributed by atoms with van der Waals surface area (Å²) in [5.41, 5.74) is 2.54. The third kappa shape index (κ3) is 4.27. The highest BCUT2D eigenvalue weighted by Gasteiger charge is 2.28. The molecular formula is C20H15ClFN3OS2. The summed E-state index contributed by atoms with van der Waals surface area (Å²) in [5.74, 6) is -0.285. The zero-order valence-electron chi connectivity index (χ0n) is 14.7. The highest BCUT2D eigenvalue weighted by molar-refractivity contribution is 8.03. The molecule has 0 amide bonds. The normalized spacial score (nSPS) is 16.0. The summed E-state index contributed by atoms with van der Waals surface area (Å²) in [6.07, 6.45) is 4.96. The van der Waals surface area contributed by atoms with Crippen molar-refractivity contribution in [3.05, 3.63) is 88.0 Å². The molecule has 2 aromatic heterocycles. The van der Waals surface area contributed by atoms with E-state index in [1.807, 2.05) is 24.5 Å². The number of pyridine rings is 2. The van der Waals surface area contributed by atoms with E-state index in [-0.39, 0.29) is 5.82 Å². The summed E-state index contributed by atoms with van der Waals surface area (Å²) < 4.78 is 19.4. The van der Waals surface area contributed by atoms with E-state index < -0.39 is 6.23 Å². The van der Waals surface area contributed by atoms with Crippen molar-refractivity contribution in [1.82, 2.24) is 15.3 Å². The topological polar surface area (TPSA) is 47.0 Å². The van der Waals surface area contributed by atoms with Crippen LogP contribution in [0, 0.1) is 5.82 Å². The van der Waals surface area contributed by atoms with Gasteiger partial charge in [-0.1, -0.05) is 23.7 Å². The zero-order valence-corrected chi connectivity index (χ0v) is 17.1. The molecule has 0 bridgehead atoms. The monoisotopic (exact) mass is 431 g/mol. The van der Waals surface area contributed by atoms with Crippen molar-refractivity contribution in [1.29, 1.82) is 0 Å². The number of halogens is 2. The first kappa shape index (κ1) is 19.1. The molecule has 0 saturated carbocycles. The van der Waals surface area contributed by atoms with Crippen LogP contribution in [0.25, 0.3) is 5.70 Å². The molecule has 1 N–H and O–H groups in total. The maximum Gasteiger partial charge on any atom is 0.197 e. The first-order valence-electron chi connectivity index (χ1n) is 8.35. The zero-order chi connectivity index (χ0) is 19.5. The van der Waals surface area contributed by atoms with E-state index in [1.54, 1.807) is 42.4 Å². The first-order chi connectivity index (χ1) is 13.6. The molecule has 1 aliphatic heterocycles. The predicted molar refractivity (Wildman–Crippen MR) is 111 cm³/mol. The number of rotatable bonds is 5. The van der Waals surface area contributed by atoms with Gasteiger partial charge in [-0.3, -0.25) is 0 Å². The summed E-state index contributed by atoms with van der Waals surface area (Å²) in [4.78, 5) is 8.77. The Morgan fingerprint density at radius 2 is 1.75 bits per heavy atom. The van der Waals surface area contributed by atoms with Gasteiger partial charge < -0.3 is 10.1 Å². The molecule has 3 aromatic rings. The van der Waals surface area contributed by atoms with E-state index in [4.69, 9.17) is 16.3 Å². The molecule has 4 nitrogen and oxygen atoms in total. The smallest absolute Gasteiger partial charge is 0.197 e. The van der Waals surface area contributed by atoms with Crippen LogP contribution in [0.4, 0.5) is 4.39 Å². The van der Waals surface area contributed by atoms with Crippen LogP contribution in [0.1, 0.15) is 17.4 Å². The lowest BCUT2D eigenvalue weighted by atomic mass is 10.2. The maximum absolute atomic E-state index is 13.3. The Hall–Kier alpha value is -2.22. The second-order valence-electron chi connectivity index (χ2n) is 5.86. The Morgan fingerprint density at radius 1 is 1.00 bits per heavy atom. The minimum atomic E-state index is -0.425. The predicted octanol–water partition coefficient (Wildman–Crippen LogP) is 5.73. The number of hydrogen-bond donors (Lipinski definition) is 1. The largest absolute Gasteiger partial charge is 0.458 e. The molecule has 0 spiro atoms. The van der Waals surface area contributed by atoms with E-state index in [0.29, 0.717) is 10.1 Å². The average molecular weight is 432 g/mol. The van der Waals surface area contributed by atoms with E-state index in [9.17, 15) is 4.39 Å².